The quantitative estimate of drug-likeness (QED) is 0.299. The Labute approximate surface area is 177 Å². The Morgan fingerprint density at radius 2 is 2.13 bits per heavy atom. The van der Waals surface area contributed by atoms with Crippen molar-refractivity contribution in [3.8, 4) is 5.69 Å². The lowest BCUT2D eigenvalue weighted by Gasteiger charge is -2.19. The maximum absolute atomic E-state index is 12.7. The highest BCUT2D eigenvalue weighted by Crippen LogP contribution is 2.26. The molecule has 0 aromatic carbocycles. The largest absolute Gasteiger partial charge is 0.396 e. The molecule has 2 heterocycles. The zero-order valence-electron chi connectivity index (χ0n) is 16.7. The van der Waals surface area contributed by atoms with Gasteiger partial charge in [-0.1, -0.05) is 16.8 Å². The van der Waals surface area contributed by atoms with Gasteiger partial charge in [0.15, 0.2) is 5.15 Å². The van der Waals surface area contributed by atoms with Crippen LogP contribution < -0.4 is 4.90 Å². The molecule has 0 aliphatic heterocycles. The first kappa shape index (κ1) is 23.7. The molecular formula is C19H23ClF3N5O2. The van der Waals surface area contributed by atoms with Gasteiger partial charge in [0.2, 0.25) is 5.91 Å². The van der Waals surface area contributed by atoms with Crippen LogP contribution in [0.25, 0.3) is 5.69 Å². The second-order valence-electron chi connectivity index (χ2n) is 6.48. The van der Waals surface area contributed by atoms with Crippen LogP contribution in [0.3, 0.4) is 0 Å². The Hall–Kier alpha value is -2.62. The van der Waals surface area contributed by atoms with Gasteiger partial charge in [-0.3, -0.25) is 9.78 Å². The summed E-state index contributed by atoms with van der Waals surface area (Å²) in [7, 11) is 0. The molecule has 0 unspecified atom stereocenters. The number of pyridine rings is 1. The average molecular weight is 446 g/mol. The summed E-state index contributed by atoms with van der Waals surface area (Å²) in [6, 6.07) is 3.58. The van der Waals surface area contributed by atoms with Crippen LogP contribution in [0.15, 0.2) is 35.9 Å². The van der Waals surface area contributed by atoms with Crippen molar-refractivity contribution in [1.29, 1.82) is 0 Å². The highest BCUT2D eigenvalue weighted by atomic mass is 35.5. The molecule has 0 fully saturated rings. The third-order valence-electron chi connectivity index (χ3n) is 4.09. The van der Waals surface area contributed by atoms with Gasteiger partial charge in [0.05, 0.1) is 23.8 Å². The maximum atomic E-state index is 12.7. The smallest absolute Gasteiger partial charge is 0.389 e. The van der Waals surface area contributed by atoms with Crippen LogP contribution in [-0.2, 0) is 9.63 Å². The summed E-state index contributed by atoms with van der Waals surface area (Å²) in [4.78, 5) is 23.1. The van der Waals surface area contributed by atoms with Crippen LogP contribution in [0.5, 0.6) is 0 Å². The first-order valence-corrected chi connectivity index (χ1v) is 9.77. The molecule has 0 atom stereocenters. The molecule has 0 aliphatic carbocycles. The van der Waals surface area contributed by atoms with E-state index in [-0.39, 0.29) is 30.5 Å². The van der Waals surface area contributed by atoms with Crippen molar-refractivity contribution in [2.75, 3.05) is 18.1 Å². The first-order chi connectivity index (χ1) is 14.2. The minimum absolute atomic E-state index is 0.130. The van der Waals surface area contributed by atoms with E-state index in [4.69, 9.17) is 16.4 Å². The highest BCUT2D eigenvalue weighted by Gasteiger charge is 2.26. The van der Waals surface area contributed by atoms with E-state index in [1.165, 1.54) is 4.90 Å². The van der Waals surface area contributed by atoms with Crippen LogP contribution >= 0.6 is 11.6 Å². The molecule has 2 aromatic heterocycles. The van der Waals surface area contributed by atoms with E-state index in [2.05, 4.69) is 15.2 Å². The number of nitrogens with zero attached hydrogens (tertiary/aromatic N) is 5. The molecule has 0 saturated carbocycles. The molecule has 7 nitrogen and oxygen atoms in total. The van der Waals surface area contributed by atoms with Crippen LogP contribution in [0.2, 0.25) is 5.15 Å². The van der Waals surface area contributed by atoms with E-state index >= 15 is 0 Å². The standard InChI is InChI=1S/C19H23ClF3N5O2/c1-3-27(16-13-28(25-18(16)20)15-6-4-10-24-12-15)17(29)8-7-14(2)26-30-11-5-9-19(21,22)23/h4,6,10,12-13H,3,5,7-9,11H2,1-2H3. The molecule has 0 bridgehead atoms. The van der Waals surface area contributed by atoms with Crippen LogP contribution in [0.4, 0.5) is 18.9 Å². The van der Waals surface area contributed by atoms with E-state index in [1.807, 2.05) is 13.0 Å². The minimum atomic E-state index is -4.20. The van der Waals surface area contributed by atoms with Gasteiger partial charge in [0.1, 0.15) is 12.3 Å². The van der Waals surface area contributed by atoms with Crippen molar-refractivity contribution in [3.05, 3.63) is 35.9 Å². The predicted molar refractivity (Wildman–Crippen MR) is 108 cm³/mol. The summed E-state index contributed by atoms with van der Waals surface area (Å²) in [5.74, 6) is -0.184. The molecule has 30 heavy (non-hydrogen) atoms. The average Bonchev–Trinajstić information content (AvgIpc) is 3.08. The molecule has 0 radical (unpaired) electrons. The van der Waals surface area contributed by atoms with E-state index in [1.54, 1.807) is 36.3 Å². The van der Waals surface area contributed by atoms with E-state index in [0.29, 0.717) is 30.1 Å². The second-order valence-corrected chi connectivity index (χ2v) is 6.84. The van der Waals surface area contributed by atoms with Crippen molar-refractivity contribution < 1.29 is 22.8 Å². The van der Waals surface area contributed by atoms with E-state index < -0.39 is 12.6 Å². The van der Waals surface area contributed by atoms with E-state index in [0.717, 1.165) is 0 Å². The zero-order valence-corrected chi connectivity index (χ0v) is 17.4. The number of alkyl halides is 3. The van der Waals surface area contributed by atoms with Crippen molar-refractivity contribution >= 4 is 28.9 Å². The lowest BCUT2D eigenvalue weighted by atomic mass is 10.2. The summed E-state index contributed by atoms with van der Waals surface area (Å²) < 4.78 is 37.8. The van der Waals surface area contributed by atoms with Gasteiger partial charge in [-0.2, -0.15) is 18.3 Å². The minimum Gasteiger partial charge on any atom is -0.396 e. The number of rotatable bonds is 10. The van der Waals surface area contributed by atoms with Crippen molar-refractivity contribution in [3.63, 3.8) is 0 Å². The number of amides is 1. The topological polar surface area (TPSA) is 72.6 Å². The Kier molecular flexibility index (Phi) is 8.64. The van der Waals surface area contributed by atoms with Crippen LogP contribution in [0, 0.1) is 0 Å². The molecule has 1 amide bonds. The number of hydrogen-bond acceptors (Lipinski definition) is 5. The van der Waals surface area contributed by atoms with Crippen molar-refractivity contribution in [2.45, 2.75) is 45.7 Å². The number of hydrogen-bond donors (Lipinski definition) is 0. The van der Waals surface area contributed by atoms with Gasteiger partial charge in [-0.15, -0.1) is 0 Å². The van der Waals surface area contributed by atoms with Gasteiger partial charge >= 0.3 is 6.18 Å². The Morgan fingerprint density at radius 3 is 2.77 bits per heavy atom. The number of anilines is 1. The van der Waals surface area contributed by atoms with Crippen molar-refractivity contribution in [1.82, 2.24) is 14.8 Å². The van der Waals surface area contributed by atoms with Crippen molar-refractivity contribution in [2.24, 2.45) is 5.16 Å². The molecule has 0 spiro atoms. The third-order valence-corrected chi connectivity index (χ3v) is 4.36. The lowest BCUT2D eigenvalue weighted by molar-refractivity contribution is -0.137. The van der Waals surface area contributed by atoms with Gasteiger partial charge < -0.3 is 9.74 Å². The number of halogens is 4. The molecule has 11 heteroatoms. The summed E-state index contributed by atoms with van der Waals surface area (Å²) in [5, 5.41) is 8.18. The van der Waals surface area contributed by atoms with E-state index in [9.17, 15) is 18.0 Å². The van der Waals surface area contributed by atoms with Crippen LogP contribution in [-0.4, -0.2) is 45.7 Å². The van der Waals surface area contributed by atoms with Gasteiger partial charge in [-0.25, -0.2) is 4.68 Å². The van der Waals surface area contributed by atoms with Gasteiger partial charge in [0.25, 0.3) is 0 Å². The molecule has 164 valence electrons. The fourth-order valence-electron chi connectivity index (χ4n) is 2.59. The number of oxime groups is 1. The summed E-state index contributed by atoms with van der Waals surface area (Å²) in [6.45, 7) is 3.73. The normalized spacial score (nSPS) is 12.1. The Morgan fingerprint density at radius 1 is 1.37 bits per heavy atom. The molecule has 0 aliphatic rings. The fourth-order valence-corrected chi connectivity index (χ4v) is 2.82. The SMILES string of the molecule is CCN(C(=O)CCC(C)=NOCCCC(F)(F)F)c1cn(-c2cccnc2)nc1Cl. The van der Waals surface area contributed by atoms with Gasteiger partial charge in [0, 0.05) is 25.6 Å². The highest BCUT2D eigenvalue weighted by molar-refractivity contribution is 6.32. The first-order valence-electron chi connectivity index (χ1n) is 9.39. The lowest BCUT2D eigenvalue weighted by Crippen LogP contribution is -2.30. The number of carbonyl (C=O) groups excluding carboxylic acids is 1. The maximum Gasteiger partial charge on any atom is 0.389 e. The summed E-state index contributed by atoms with van der Waals surface area (Å²) in [5.41, 5.74) is 1.70. The molecule has 0 N–H and O–H groups in total. The monoisotopic (exact) mass is 445 g/mol. The third kappa shape index (κ3) is 7.33. The summed E-state index contributed by atoms with van der Waals surface area (Å²) in [6.07, 6.45) is 0.0878. The molecule has 2 aromatic rings. The predicted octanol–water partition coefficient (Wildman–Crippen LogP) is 4.79. The van der Waals surface area contributed by atoms with Crippen LogP contribution in [0.1, 0.15) is 39.5 Å². The van der Waals surface area contributed by atoms with Gasteiger partial charge in [-0.05, 0) is 38.8 Å². The number of carbonyl (C=O) groups is 1. The second kappa shape index (κ2) is 11.0. The summed E-state index contributed by atoms with van der Waals surface area (Å²) >= 11 is 6.24. The fraction of sp³-hybridized carbons (Fsp3) is 0.474. The molecule has 0 saturated heterocycles. The Balaban J connectivity index is 1.91. The number of aromatic nitrogens is 3. The molecule has 2 rings (SSSR count). The molecular weight excluding hydrogens is 423 g/mol. The zero-order chi connectivity index (χ0) is 22.1. The Bertz CT molecular complexity index is 856.